The number of rotatable bonds is 5. The van der Waals surface area contributed by atoms with Gasteiger partial charge in [-0.05, 0) is 18.6 Å². The van der Waals surface area contributed by atoms with Crippen LogP contribution in [-0.2, 0) is 14.6 Å². The van der Waals surface area contributed by atoms with Crippen molar-refractivity contribution in [1.82, 2.24) is 4.90 Å². The van der Waals surface area contributed by atoms with Crippen LogP contribution in [0.4, 0.5) is 11.4 Å². The van der Waals surface area contributed by atoms with Crippen molar-refractivity contribution in [3.05, 3.63) is 33.3 Å². The predicted molar refractivity (Wildman–Crippen MR) is 86.4 cm³/mol. The average molecular weight is 362 g/mol. The van der Waals surface area contributed by atoms with E-state index in [9.17, 15) is 23.3 Å². The number of nitro benzene ring substituents is 1. The first-order chi connectivity index (χ1) is 10.7. The molecule has 1 heterocycles. The lowest BCUT2D eigenvalue weighted by Crippen LogP contribution is -2.40. The third-order valence-electron chi connectivity index (χ3n) is 3.74. The number of nitrogens with one attached hydrogen (secondary N) is 1. The van der Waals surface area contributed by atoms with E-state index in [4.69, 9.17) is 11.6 Å². The summed E-state index contributed by atoms with van der Waals surface area (Å²) in [5, 5.41) is 13.6. The highest BCUT2D eigenvalue weighted by Gasteiger charge is 2.32. The molecule has 2 rings (SSSR count). The Balaban J connectivity index is 1.97. The molecule has 126 valence electrons. The number of halogens is 1. The number of nitro groups is 1. The molecule has 1 aromatic carbocycles. The van der Waals surface area contributed by atoms with E-state index in [1.54, 1.807) is 7.05 Å². The molecule has 8 nitrogen and oxygen atoms in total. The molecule has 1 amide bonds. The number of sulfone groups is 1. The van der Waals surface area contributed by atoms with E-state index in [-0.39, 0.29) is 40.7 Å². The maximum atomic E-state index is 12.1. The fourth-order valence-electron chi connectivity index (χ4n) is 2.35. The lowest BCUT2D eigenvalue weighted by Gasteiger charge is -2.23. The second kappa shape index (κ2) is 6.71. The SMILES string of the molecule is CN(C(=O)CNc1ccc(Cl)c([N+](=O)[O-])c1)[C@H]1CCS(=O)(=O)C1. The zero-order chi connectivity index (χ0) is 17.2. The van der Waals surface area contributed by atoms with Crippen molar-refractivity contribution in [3.63, 3.8) is 0 Å². The summed E-state index contributed by atoms with van der Waals surface area (Å²) >= 11 is 5.72. The number of hydrogen-bond acceptors (Lipinski definition) is 6. The highest BCUT2D eigenvalue weighted by atomic mass is 35.5. The third kappa shape index (κ3) is 4.32. The van der Waals surface area contributed by atoms with E-state index in [1.165, 1.54) is 23.1 Å². The average Bonchev–Trinajstić information content (AvgIpc) is 2.85. The maximum Gasteiger partial charge on any atom is 0.289 e. The molecule has 1 atom stereocenters. The number of amides is 1. The number of anilines is 1. The van der Waals surface area contributed by atoms with Crippen LogP contribution in [0, 0.1) is 10.1 Å². The van der Waals surface area contributed by atoms with Crippen molar-refractivity contribution in [2.24, 2.45) is 0 Å². The van der Waals surface area contributed by atoms with Gasteiger partial charge in [0, 0.05) is 24.8 Å². The van der Waals surface area contributed by atoms with Crippen LogP contribution >= 0.6 is 11.6 Å². The quantitative estimate of drug-likeness (QED) is 0.625. The first-order valence-electron chi connectivity index (χ1n) is 6.83. The summed E-state index contributed by atoms with van der Waals surface area (Å²) in [5.41, 5.74) is 0.140. The molecule has 0 radical (unpaired) electrons. The van der Waals surface area contributed by atoms with Gasteiger partial charge in [0.15, 0.2) is 9.84 Å². The Labute approximate surface area is 138 Å². The van der Waals surface area contributed by atoms with E-state index in [1.807, 2.05) is 0 Å². The van der Waals surface area contributed by atoms with Gasteiger partial charge in [0.1, 0.15) is 5.02 Å². The molecule has 23 heavy (non-hydrogen) atoms. The molecule has 10 heteroatoms. The Morgan fingerprint density at radius 2 is 2.22 bits per heavy atom. The van der Waals surface area contributed by atoms with Crippen molar-refractivity contribution in [3.8, 4) is 0 Å². The molecule has 1 aliphatic heterocycles. The van der Waals surface area contributed by atoms with Crippen molar-refractivity contribution in [2.45, 2.75) is 12.5 Å². The highest BCUT2D eigenvalue weighted by Crippen LogP contribution is 2.27. The molecule has 1 aliphatic rings. The summed E-state index contributed by atoms with van der Waals surface area (Å²) in [4.78, 5) is 23.7. The molecular formula is C13H16ClN3O5S. The summed E-state index contributed by atoms with van der Waals surface area (Å²) < 4.78 is 22.9. The Bertz CT molecular complexity index is 737. The fraction of sp³-hybridized carbons (Fsp3) is 0.462. The number of carbonyl (C=O) groups is 1. The maximum absolute atomic E-state index is 12.1. The molecule has 1 N–H and O–H groups in total. The highest BCUT2D eigenvalue weighted by molar-refractivity contribution is 7.91. The molecule has 0 unspecified atom stereocenters. The normalized spacial score (nSPS) is 19.3. The van der Waals surface area contributed by atoms with Gasteiger partial charge < -0.3 is 10.2 Å². The van der Waals surface area contributed by atoms with E-state index in [0.717, 1.165) is 0 Å². The van der Waals surface area contributed by atoms with Crippen LogP contribution in [0.25, 0.3) is 0 Å². The third-order valence-corrected chi connectivity index (χ3v) is 5.81. The minimum atomic E-state index is -3.06. The first-order valence-corrected chi connectivity index (χ1v) is 9.03. The van der Waals surface area contributed by atoms with Crippen LogP contribution in [0.5, 0.6) is 0 Å². The molecule has 0 aromatic heterocycles. The monoisotopic (exact) mass is 361 g/mol. The zero-order valence-corrected chi connectivity index (χ0v) is 13.9. The van der Waals surface area contributed by atoms with Gasteiger partial charge in [-0.3, -0.25) is 14.9 Å². The van der Waals surface area contributed by atoms with Crippen molar-refractivity contribution in [1.29, 1.82) is 0 Å². The van der Waals surface area contributed by atoms with Gasteiger partial charge in [0.2, 0.25) is 5.91 Å². The predicted octanol–water partition coefficient (Wildman–Crippen LogP) is 1.31. The van der Waals surface area contributed by atoms with Crippen LogP contribution in [0.2, 0.25) is 5.02 Å². The van der Waals surface area contributed by atoms with Crippen LogP contribution in [-0.4, -0.2) is 55.3 Å². The van der Waals surface area contributed by atoms with Crippen molar-refractivity contribution in [2.75, 3.05) is 30.4 Å². The Kier molecular flexibility index (Phi) is 5.10. The van der Waals surface area contributed by atoms with Gasteiger partial charge in [-0.2, -0.15) is 0 Å². The van der Waals surface area contributed by atoms with Gasteiger partial charge >= 0.3 is 0 Å². The Hall–Kier alpha value is -1.87. The standard InChI is InChI=1S/C13H16ClN3O5S/c1-16(10-4-5-23(21,22)8-10)13(18)7-15-9-2-3-11(14)12(6-9)17(19)20/h2-3,6,10,15H,4-5,7-8H2,1H3/t10-/m0/s1. The lowest BCUT2D eigenvalue weighted by atomic mass is 10.2. The van der Waals surface area contributed by atoms with E-state index < -0.39 is 14.8 Å². The van der Waals surface area contributed by atoms with Crippen LogP contribution in [0.1, 0.15) is 6.42 Å². The van der Waals surface area contributed by atoms with Crippen LogP contribution in [0.3, 0.4) is 0 Å². The van der Waals surface area contributed by atoms with Crippen LogP contribution < -0.4 is 5.32 Å². The topological polar surface area (TPSA) is 110 Å². The largest absolute Gasteiger partial charge is 0.376 e. The minimum Gasteiger partial charge on any atom is -0.376 e. The lowest BCUT2D eigenvalue weighted by molar-refractivity contribution is -0.384. The Morgan fingerprint density at radius 1 is 1.52 bits per heavy atom. The number of hydrogen-bond donors (Lipinski definition) is 1. The molecular weight excluding hydrogens is 346 g/mol. The molecule has 1 aromatic rings. The minimum absolute atomic E-state index is 0.0140. The van der Waals surface area contributed by atoms with Gasteiger partial charge in [-0.1, -0.05) is 11.6 Å². The van der Waals surface area contributed by atoms with Gasteiger partial charge in [-0.25, -0.2) is 8.42 Å². The summed E-state index contributed by atoms with van der Waals surface area (Å²) in [6.07, 6.45) is 0.428. The van der Waals surface area contributed by atoms with Gasteiger partial charge in [0.25, 0.3) is 5.69 Å². The second-order valence-electron chi connectivity index (χ2n) is 5.34. The first kappa shape index (κ1) is 17.5. The summed E-state index contributed by atoms with van der Waals surface area (Å²) in [5.74, 6) is -0.224. The fourth-order valence-corrected chi connectivity index (χ4v) is 4.31. The summed E-state index contributed by atoms with van der Waals surface area (Å²) in [6.45, 7) is -0.0914. The van der Waals surface area contributed by atoms with E-state index >= 15 is 0 Å². The summed E-state index contributed by atoms with van der Waals surface area (Å²) in [7, 11) is -1.51. The summed E-state index contributed by atoms with van der Waals surface area (Å²) in [6, 6.07) is 3.83. The van der Waals surface area contributed by atoms with E-state index in [0.29, 0.717) is 12.1 Å². The molecule has 0 bridgehead atoms. The molecule has 0 spiro atoms. The van der Waals surface area contributed by atoms with Gasteiger partial charge in [0.05, 0.1) is 23.0 Å². The second-order valence-corrected chi connectivity index (χ2v) is 7.97. The smallest absolute Gasteiger partial charge is 0.289 e. The van der Waals surface area contributed by atoms with E-state index in [2.05, 4.69) is 5.32 Å². The number of carbonyl (C=O) groups excluding carboxylic acids is 1. The number of nitrogens with zero attached hydrogens (tertiary/aromatic N) is 2. The Morgan fingerprint density at radius 3 is 2.78 bits per heavy atom. The van der Waals surface area contributed by atoms with Gasteiger partial charge in [-0.15, -0.1) is 0 Å². The van der Waals surface area contributed by atoms with Crippen molar-refractivity contribution >= 4 is 38.7 Å². The molecule has 1 saturated heterocycles. The zero-order valence-electron chi connectivity index (χ0n) is 12.4. The van der Waals surface area contributed by atoms with Crippen LogP contribution in [0.15, 0.2) is 18.2 Å². The molecule has 0 aliphatic carbocycles. The molecule has 1 fully saturated rings. The number of likely N-dealkylation sites (N-methyl/N-ethyl adjacent to an activating group) is 1. The van der Waals surface area contributed by atoms with Crippen molar-refractivity contribution < 1.29 is 18.1 Å². The molecule has 0 saturated carbocycles. The number of benzene rings is 1.